The van der Waals surface area contributed by atoms with Crippen molar-refractivity contribution in [2.45, 2.75) is 26.8 Å². The Morgan fingerprint density at radius 2 is 2.12 bits per heavy atom. The summed E-state index contributed by atoms with van der Waals surface area (Å²) in [5.74, 6) is 0. The van der Waals surface area contributed by atoms with Crippen molar-refractivity contribution in [2.24, 2.45) is 0 Å². The lowest BCUT2D eigenvalue weighted by atomic mass is 10.1. The molecular weight excluding hydrogens is 228 g/mol. The van der Waals surface area contributed by atoms with Crippen LogP contribution in [-0.2, 0) is 0 Å². The number of nitrogens with zero attached hydrogens (tertiary/aromatic N) is 1. The van der Waals surface area contributed by atoms with Crippen LogP contribution < -0.4 is 5.32 Å². The molecule has 1 atom stereocenters. The highest BCUT2D eigenvalue weighted by Gasteiger charge is 2.17. The Morgan fingerprint density at radius 1 is 1.29 bits per heavy atom. The van der Waals surface area contributed by atoms with Gasteiger partial charge in [0.1, 0.15) is 0 Å². The van der Waals surface area contributed by atoms with Crippen LogP contribution in [0.3, 0.4) is 0 Å². The molecule has 0 aliphatic rings. The summed E-state index contributed by atoms with van der Waals surface area (Å²) in [6.45, 7) is 7.27. The average molecular weight is 246 g/mol. The van der Waals surface area contributed by atoms with Crippen molar-refractivity contribution < 1.29 is 0 Å². The molecule has 2 rings (SSSR count). The minimum atomic E-state index is 0.222. The van der Waals surface area contributed by atoms with Crippen LogP contribution in [0.4, 0.5) is 0 Å². The Labute approximate surface area is 107 Å². The summed E-state index contributed by atoms with van der Waals surface area (Å²) in [5, 5.41) is 5.66. The largest absolute Gasteiger partial charge is 0.305 e. The predicted molar refractivity (Wildman–Crippen MR) is 73.5 cm³/mol. The Morgan fingerprint density at radius 3 is 2.71 bits per heavy atom. The first-order valence-electron chi connectivity index (χ1n) is 5.93. The third-order valence-electron chi connectivity index (χ3n) is 2.78. The van der Waals surface area contributed by atoms with Gasteiger partial charge < -0.3 is 5.32 Å². The molecule has 0 fully saturated rings. The summed E-state index contributed by atoms with van der Waals surface area (Å²) in [7, 11) is 0. The van der Waals surface area contributed by atoms with Crippen LogP contribution in [0.2, 0.25) is 0 Å². The standard InChI is InChI=1S/C14H18N2S/c1-4-15-13(14-10(2)8-9-17-14)12-7-5-6-11(3)16-12/h5-9,13,15H,4H2,1-3H3. The molecule has 90 valence electrons. The third-order valence-corrected chi connectivity index (χ3v) is 3.86. The maximum absolute atomic E-state index is 4.63. The topological polar surface area (TPSA) is 24.9 Å². The number of nitrogens with one attached hydrogen (secondary N) is 1. The summed E-state index contributed by atoms with van der Waals surface area (Å²) >= 11 is 1.80. The van der Waals surface area contributed by atoms with Gasteiger partial charge in [-0.2, -0.15) is 0 Å². The van der Waals surface area contributed by atoms with Crippen LogP contribution in [0.1, 0.15) is 34.8 Å². The zero-order valence-corrected chi connectivity index (χ0v) is 11.3. The monoisotopic (exact) mass is 246 g/mol. The van der Waals surface area contributed by atoms with Gasteiger partial charge in [0, 0.05) is 10.6 Å². The molecule has 0 saturated heterocycles. The Hall–Kier alpha value is -1.19. The van der Waals surface area contributed by atoms with Crippen LogP contribution in [0.15, 0.2) is 29.6 Å². The van der Waals surface area contributed by atoms with Gasteiger partial charge >= 0.3 is 0 Å². The second kappa shape index (κ2) is 5.43. The number of thiophene rings is 1. The number of rotatable bonds is 4. The lowest BCUT2D eigenvalue weighted by molar-refractivity contribution is 0.620. The summed E-state index contributed by atoms with van der Waals surface area (Å²) in [6, 6.07) is 8.60. The van der Waals surface area contributed by atoms with Crippen LogP contribution in [0.25, 0.3) is 0 Å². The quantitative estimate of drug-likeness (QED) is 0.893. The molecule has 2 aromatic rings. The van der Waals surface area contributed by atoms with E-state index >= 15 is 0 Å². The molecule has 0 bridgehead atoms. The van der Waals surface area contributed by atoms with Crippen molar-refractivity contribution in [1.82, 2.24) is 10.3 Å². The summed E-state index contributed by atoms with van der Waals surface area (Å²) < 4.78 is 0. The SMILES string of the molecule is CCNC(c1cccc(C)n1)c1sccc1C. The first kappa shape index (κ1) is 12.3. The van der Waals surface area contributed by atoms with Gasteiger partial charge in [-0.3, -0.25) is 4.98 Å². The van der Waals surface area contributed by atoms with Gasteiger partial charge in [-0.05, 0) is 49.5 Å². The van der Waals surface area contributed by atoms with E-state index in [1.165, 1.54) is 10.4 Å². The van der Waals surface area contributed by atoms with E-state index in [0.29, 0.717) is 0 Å². The number of hydrogen-bond donors (Lipinski definition) is 1. The number of aryl methyl sites for hydroxylation is 2. The van der Waals surface area contributed by atoms with Gasteiger partial charge in [-0.15, -0.1) is 11.3 Å². The zero-order valence-electron chi connectivity index (χ0n) is 10.5. The van der Waals surface area contributed by atoms with Crippen molar-refractivity contribution in [3.05, 3.63) is 51.5 Å². The minimum absolute atomic E-state index is 0.222. The van der Waals surface area contributed by atoms with Gasteiger partial charge in [0.25, 0.3) is 0 Å². The zero-order chi connectivity index (χ0) is 12.3. The fourth-order valence-electron chi connectivity index (χ4n) is 1.94. The van der Waals surface area contributed by atoms with Crippen LogP contribution in [-0.4, -0.2) is 11.5 Å². The minimum Gasteiger partial charge on any atom is -0.305 e. The van der Waals surface area contributed by atoms with E-state index < -0.39 is 0 Å². The van der Waals surface area contributed by atoms with Crippen LogP contribution in [0.5, 0.6) is 0 Å². The first-order valence-corrected chi connectivity index (χ1v) is 6.81. The van der Waals surface area contributed by atoms with E-state index in [1.807, 2.05) is 13.0 Å². The maximum atomic E-state index is 4.63. The highest BCUT2D eigenvalue weighted by atomic mass is 32.1. The molecule has 2 nitrogen and oxygen atoms in total. The highest BCUT2D eigenvalue weighted by Crippen LogP contribution is 2.28. The number of hydrogen-bond acceptors (Lipinski definition) is 3. The average Bonchev–Trinajstić information content (AvgIpc) is 2.72. The van der Waals surface area contributed by atoms with E-state index in [-0.39, 0.29) is 6.04 Å². The van der Waals surface area contributed by atoms with Crippen molar-refractivity contribution in [1.29, 1.82) is 0 Å². The molecule has 2 aromatic heterocycles. The third kappa shape index (κ3) is 2.73. The molecule has 0 radical (unpaired) electrons. The fraction of sp³-hybridized carbons (Fsp3) is 0.357. The van der Waals surface area contributed by atoms with E-state index in [4.69, 9.17) is 0 Å². The molecule has 1 unspecified atom stereocenters. The van der Waals surface area contributed by atoms with Crippen molar-refractivity contribution >= 4 is 11.3 Å². The molecule has 0 spiro atoms. The molecule has 0 aliphatic carbocycles. The highest BCUT2D eigenvalue weighted by molar-refractivity contribution is 7.10. The molecule has 2 heterocycles. The van der Waals surface area contributed by atoms with E-state index in [2.05, 4.69) is 47.7 Å². The fourth-order valence-corrected chi connectivity index (χ4v) is 2.95. The van der Waals surface area contributed by atoms with E-state index in [9.17, 15) is 0 Å². The smallest absolute Gasteiger partial charge is 0.0847 e. The first-order chi connectivity index (χ1) is 8.22. The number of aromatic nitrogens is 1. The second-order valence-corrected chi connectivity index (χ2v) is 5.11. The summed E-state index contributed by atoms with van der Waals surface area (Å²) in [6.07, 6.45) is 0. The normalized spacial score (nSPS) is 12.6. The number of pyridine rings is 1. The van der Waals surface area contributed by atoms with Crippen molar-refractivity contribution in [2.75, 3.05) is 6.54 Å². The Bertz CT molecular complexity index is 490. The Kier molecular flexibility index (Phi) is 3.92. The van der Waals surface area contributed by atoms with Crippen molar-refractivity contribution in [3.8, 4) is 0 Å². The molecule has 0 aromatic carbocycles. The molecule has 17 heavy (non-hydrogen) atoms. The predicted octanol–water partition coefficient (Wildman–Crippen LogP) is 3.46. The lowest BCUT2D eigenvalue weighted by Crippen LogP contribution is -2.22. The molecule has 1 N–H and O–H groups in total. The van der Waals surface area contributed by atoms with Gasteiger partial charge in [0.2, 0.25) is 0 Å². The van der Waals surface area contributed by atoms with Gasteiger partial charge in [0.05, 0.1) is 11.7 Å². The molecule has 0 aliphatic heterocycles. The van der Waals surface area contributed by atoms with Crippen molar-refractivity contribution in [3.63, 3.8) is 0 Å². The molecule has 0 amide bonds. The molecule has 0 saturated carbocycles. The van der Waals surface area contributed by atoms with E-state index in [1.54, 1.807) is 11.3 Å². The van der Waals surface area contributed by atoms with Gasteiger partial charge in [-0.1, -0.05) is 13.0 Å². The van der Waals surface area contributed by atoms with Crippen LogP contribution in [0, 0.1) is 13.8 Å². The van der Waals surface area contributed by atoms with Crippen LogP contribution >= 0.6 is 11.3 Å². The maximum Gasteiger partial charge on any atom is 0.0847 e. The van der Waals surface area contributed by atoms with E-state index in [0.717, 1.165) is 17.9 Å². The molecular formula is C14H18N2S. The van der Waals surface area contributed by atoms with Gasteiger partial charge in [0.15, 0.2) is 0 Å². The lowest BCUT2D eigenvalue weighted by Gasteiger charge is -2.17. The molecule has 3 heteroatoms. The Balaban J connectivity index is 2.39. The second-order valence-electron chi connectivity index (χ2n) is 4.16. The summed E-state index contributed by atoms with van der Waals surface area (Å²) in [5.41, 5.74) is 3.52. The summed E-state index contributed by atoms with van der Waals surface area (Å²) in [4.78, 5) is 6.00. The van der Waals surface area contributed by atoms with Gasteiger partial charge in [-0.25, -0.2) is 0 Å².